The second kappa shape index (κ2) is 6.19. The fourth-order valence-electron chi connectivity index (χ4n) is 1.89. The molecule has 0 spiro atoms. The molecule has 2 atom stereocenters. The van der Waals surface area contributed by atoms with Gasteiger partial charge < -0.3 is 9.84 Å². The van der Waals surface area contributed by atoms with Gasteiger partial charge in [0.15, 0.2) is 0 Å². The molecule has 0 aliphatic heterocycles. The highest BCUT2D eigenvalue weighted by molar-refractivity contribution is 7.10. The van der Waals surface area contributed by atoms with Gasteiger partial charge in [0.1, 0.15) is 18.1 Å². The molecule has 3 nitrogen and oxygen atoms in total. The van der Waals surface area contributed by atoms with E-state index in [-0.39, 0.29) is 6.04 Å². The summed E-state index contributed by atoms with van der Waals surface area (Å²) in [4.78, 5) is 0.902. The normalized spacial score (nSPS) is 15.7. The van der Waals surface area contributed by atoms with Gasteiger partial charge in [0.25, 0.3) is 0 Å². The van der Waals surface area contributed by atoms with Crippen molar-refractivity contribution >= 4 is 11.3 Å². The van der Waals surface area contributed by atoms with E-state index >= 15 is 0 Å². The molecule has 0 radical (unpaired) electrons. The van der Waals surface area contributed by atoms with Gasteiger partial charge in [-0.1, -0.05) is 24.3 Å². The van der Waals surface area contributed by atoms with Crippen LogP contribution in [0, 0.1) is 0 Å². The minimum Gasteiger partial charge on any atom is -0.492 e. The Morgan fingerprint density at radius 1 is 1.26 bits per heavy atom. The van der Waals surface area contributed by atoms with Crippen molar-refractivity contribution < 1.29 is 9.84 Å². The third-order valence-electron chi connectivity index (χ3n) is 2.77. The molecule has 2 unspecified atom stereocenters. The highest BCUT2D eigenvalue weighted by Crippen LogP contribution is 2.23. The molecule has 2 rings (SSSR count). The number of hydrogen-bond donors (Lipinski definition) is 2. The zero-order valence-electron chi connectivity index (χ0n) is 11.2. The Morgan fingerprint density at radius 3 is 2.63 bits per heavy atom. The summed E-state index contributed by atoms with van der Waals surface area (Å²) >= 11 is 1.53. The topological polar surface area (TPSA) is 41.5 Å². The lowest BCUT2D eigenvalue weighted by molar-refractivity contribution is 0.00742. The number of hydrogen-bond acceptors (Lipinski definition) is 4. The molecule has 2 N–H and O–H groups in total. The average Bonchev–Trinajstić information content (AvgIpc) is 2.92. The van der Waals surface area contributed by atoms with Crippen LogP contribution in [0.5, 0.6) is 5.75 Å². The zero-order chi connectivity index (χ0) is 13.7. The third-order valence-corrected chi connectivity index (χ3v) is 3.85. The van der Waals surface area contributed by atoms with Gasteiger partial charge in [-0.05, 0) is 37.4 Å². The molecule has 0 aliphatic carbocycles. The van der Waals surface area contributed by atoms with Gasteiger partial charge in [-0.15, -0.1) is 11.3 Å². The van der Waals surface area contributed by atoms with E-state index in [2.05, 4.69) is 5.32 Å². The number of benzene rings is 1. The number of ether oxygens (including phenoxy) is 1. The third kappa shape index (κ3) is 4.06. The summed E-state index contributed by atoms with van der Waals surface area (Å²) in [7, 11) is 0. The van der Waals surface area contributed by atoms with E-state index in [0.29, 0.717) is 6.61 Å². The summed E-state index contributed by atoms with van der Waals surface area (Å²) in [5.74, 6) is 0.840. The number of para-hydroxylation sites is 1. The van der Waals surface area contributed by atoms with Crippen LogP contribution in [0.1, 0.15) is 18.7 Å². The number of thiophene rings is 1. The Labute approximate surface area is 117 Å². The summed E-state index contributed by atoms with van der Waals surface area (Å²) in [6, 6.07) is 13.6. The monoisotopic (exact) mass is 277 g/mol. The molecule has 1 aromatic heterocycles. The molecule has 0 amide bonds. The minimum atomic E-state index is -1.02. The van der Waals surface area contributed by atoms with Crippen LogP contribution in [0.25, 0.3) is 0 Å². The number of aliphatic hydroxyl groups is 1. The molecule has 0 bridgehead atoms. The zero-order valence-corrected chi connectivity index (χ0v) is 12.0. The first-order valence-electron chi connectivity index (χ1n) is 6.30. The second-order valence-electron chi connectivity index (χ2n) is 4.72. The van der Waals surface area contributed by atoms with Gasteiger partial charge in [0.2, 0.25) is 0 Å². The molecule has 102 valence electrons. The quantitative estimate of drug-likeness (QED) is 0.798. The lowest BCUT2D eigenvalue weighted by Crippen LogP contribution is -2.46. The molecule has 1 aromatic carbocycles. The van der Waals surface area contributed by atoms with E-state index in [1.54, 1.807) is 6.92 Å². The predicted molar refractivity (Wildman–Crippen MR) is 78.4 cm³/mol. The van der Waals surface area contributed by atoms with Gasteiger partial charge in [-0.2, -0.15) is 0 Å². The first kappa shape index (κ1) is 14.1. The van der Waals surface area contributed by atoms with Crippen molar-refractivity contribution in [1.29, 1.82) is 0 Å². The van der Waals surface area contributed by atoms with Crippen LogP contribution in [-0.2, 0) is 5.72 Å². The Kier molecular flexibility index (Phi) is 4.58. The Bertz CT molecular complexity index is 482. The maximum absolute atomic E-state index is 10.4. The van der Waals surface area contributed by atoms with E-state index in [9.17, 15) is 5.11 Å². The van der Waals surface area contributed by atoms with Gasteiger partial charge in [-0.25, -0.2) is 0 Å². The maximum Gasteiger partial charge on any atom is 0.148 e. The molecule has 19 heavy (non-hydrogen) atoms. The molecule has 2 aromatic rings. The van der Waals surface area contributed by atoms with Crippen LogP contribution in [0.4, 0.5) is 0 Å². The van der Waals surface area contributed by atoms with E-state index in [1.807, 2.05) is 54.8 Å². The predicted octanol–water partition coefficient (Wildman–Crippen LogP) is 2.97. The molecule has 1 heterocycles. The van der Waals surface area contributed by atoms with Crippen LogP contribution in [0.3, 0.4) is 0 Å². The van der Waals surface area contributed by atoms with Crippen LogP contribution in [0.2, 0.25) is 0 Å². The molecular weight excluding hydrogens is 258 g/mol. The fourth-order valence-corrected chi connectivity index (χ4v) is 2.64. The summed E-state index contributed by atoms with van der Waals surface area (Å²) in [6.07, 6.45) is 0. The smallest absolute Gasteiger partial charge is 0.148 e. The number of rotatable bonds is 6. The van der Waals surface area contributed by atoms with Crippen molar-refractivity contribution in [2.24, 2.45) is 0 Å². The molecule has 0 aliphatic rings. The van der Waals surface area contributed by atoms with Gasteiger partial charge in [0, 0.05) is 6.04 Å². The summed E-state index contributed by atoms with van der Waals surface area (Å²) < 4.78 is 5.66. The largest absolute Gasteiger partial charge is 0.492 e. The average molecular weight is 277 g/mol. The molecular formula is C15H19NO2S. The van der Waals surface area contributed by atoms with Crippen molar-refractivity contribution in [1.82, 2.24) is 5.32 Å². The van der Waals surface area contributed by atoms with E-state index in [0.717, 1.165) is 10.6 Å². The van der Waals surface area contributed by atoms with Crippen molar-refractivity contribution in [3.63, 3.8) is 0 Å². The van der Waals surface area contributed by atoms with Gasteiger partial charge in [-0.3, -0.25) is 5.32 Å². The van der Waals surface area contributed by atoms with Crippen LogP contribution in [0.15, 0.2) is 47.8 Å². The van der Waals surface area contributed by atoms with Gasteiger partial charge >= 0.3 is 0 Å². The fraction of sp³-hybridized carbons (Fsp3) is 0.333. The van der Waals surface area contributed by atoms with Crippen molar-refractivity contribution in [2.75, 3.05) is 6.61 Å². The Morgan fingerprint density at radius 2 is 2.00 bits per heavy atom. The van der Waals surface area contributed by atoms with Crippen molar-refractivity contribution in [2.45, 2.75) is 25.6 Å². The molecule has 0 fully saturated rings. The van der Waals surface area contributed by atoms with Crippen molar-refractivity contribution in [3.8, 4) is 5.75 Å². The molecule has 4 heteroatoms. The summed E-state index contributed by atoms with van der Waals surface area (Å²) in [6.45, 7) is 4.26. The SMILES string of the molecule is CC(COc1ccccc1)NC(C)(O)c1cccs1. The summed E-state index contributed by atoms with van der Waals surface area (Å²) in [5.41, 5.74) is -1.02. The van der Waals surface area contributed by atoms with E-state index in [4.69, 9.17) is 4.74 Å². The second-order valence-corrected chi connectivity index (χ2v) is 5.67. The molecule has 0 saturated heterocycles. The van der Waals surface area contributed by atoms with Gasteiger partial charge in [0.05, 0.1) is 4.88 Å². The maximum atomic E-state index is 10.4. The van der Waals surface area contributed by atoms with Crippen LogP contribution in [-0.4, -0.2) is 17.8 Å². The van der Waals surface area contributed by atoms with E-state index in [1.165, 1.54) is 11.3 Å². The first-order chi connectivity index (χ1) is 9.08. The Hall–Kier alpha value is -1.36. The lowest BCUT2D eigenvalue weighted by atomic mass is 10.2. The van der Waals surface area contributed by atoms with Crippen LogP contribution < -0.4 is 10.1 Å². The lowest BCUT2D eigenvalue weighted by Gasteiger charge is -2.27. The van der Waals surface area contributed by atoms with Crippen molar-refractivity contribution in [3.05, 3.63) is 52.7 Å². The number of nitrogens with one attached hydrogen (secondary N) is 1. The molecule has 0 saturated carbocycles. The van der Waals surface area contributed by atoms with Crippen LogP contribution >= 0.6 is 11.3 Å². The highest BCUT2D eigenvalue weighted by atomic mass is 32.1. The minimum absolute atomic E-state index is 0.0392. The highest BCUT2D eigenvalue weighted by Gasteiger charge is 2.25. The standard InChI is InChI=1S/C15H19NO2S/c1-12(11-18-13-7-4-3-5-8-13)16-15(2,17)14-9-6-10-19-14/h3-10,12,16-17H,11H2,1-2H3. The van der Waals surface area contributed by atoms with E-state index < -0.39 is 5.72 Å². The first-order valence-corrected chi connectivity index (χ1v) is 7.18. The summed E-state index contributed by atoms with van der Waals surface area (Å²) in [5, 5.41) is 15.5. The Balaban J connectivity index is 1.86.